The largest absolute Gasteiger partial charge is 0.393 e. The average molecular weight is 432 g/mol. The molecule has 1 aliphatic rings. The number of rotatable bonds is 6. The molecule has 0 bridgehead atoms. The lowest BCUT2D eigenvalue weighted by molar-refractivity contribution is 0.0791. The molecular weight excluding hydrogens is 403 g/mol. The number of aliphatic imine (C=N–C) groups is 1. The van der Waals surface area contributed by atoms with Crippen molar-refractivity contribution in [2.45, 2.75) is 45.4 Å². The van der Waals surface area contributed by atoms with Crippen molar-refractivity contribution in [1.29, 1.82) is 0 Å². The van der Waals surface area contributed by atoms with Gasteiger partial charge < -0.3 is 16.2 Å². The van der Waals surface area contributed by atoms with Crippen molar-refractivity contribution in [3.8, 4) is 0 Å². The van der Waals surface area contributed by atoms with E-state index in [2.05, 4.69) is 40.3 Å². The lowest BCUT2D eigenvalue weighted by atomic mass is 10.0. The van der Waals surface area contributed by atoms with Crippen LogP contribution >= 0.6 is 24.0 Å². The maximum atomic E-state index is 9.60. The highest BCUT2D eigenvalue weighted by molar-refractivity contribution is 14.0. The maximum absolute atomic E-state index is 9.60. The lowest BCUT2D eigenvalue weighted by Crippen LogP contribution is -2.35. The number of nitrogens with one attached hydrogen (secondary N) is 1. The van der Waals surface area contributed by atoms with Gasteiger partial charge in [0.2, 0.25) is 0 Å². The molecule has 0 aliphatic carbocycles. The van der Waals surface area contributed by atoms with Crippen LogP contribution in [0.5, 0.6) is 0 Å². The molecular formula is C17H29IN4O. The Balaban J connectivity index is 0.00000264. The molecule has 1 aromatic carbocycles. The zero-order valence-electron chi connectivity index (χ0n) is 13.9. The molecule has 4 N–H and O–H groups in total. The Morgan fingerprint density at radius 2 is 1.96 bits per heavy atom. The molecule has 0 radical (unpaired) electrons. The van der Waals surface area contributed by atoms with Crippen molar-refractivity contribution >= 4 is 29.9 Å². The Kier molecular flexibility index (Phi) is 9.50. The number of hydrogen-bond acceptors (Lipinski definition) is 3. The van der Waals surface area contributed by atoms with Gasteiger partial charge in [-0.05, 0) is 30.4 Å². The van der Waals surface area contributed by atoms with E-state index in [9.17, 15) is 5.11 Å². The normalized spacial score (nSPS) is 16.9. The van der Waals surface area contributed by atoms with Crippen molar-refractivity contribution in [3.05, 3.63) is 35.4 Å². The van der Waals surface area contributed by atoms with Gasteiger partial charge in [0.1, 0.15) is 0 Å². The number of halogens is 1. The molecule has 6 heteroatoms. The van der Waals surface area contributed by atoms with E-state index < -0.39 is 0 Å². The van der Waals surface area contributed by atoms with Crippen molar-refractivity contribution < 1.29 is 5.11 Å². The number of hydrogen-bond donors (Lipinski definition) is 3. The number of piperidine rings is 1. The second kappa shape index (κ2) is 10.8. The van der Waals surface area contributed by atoms with Gasteiger partial charge in [0.25, 0.3) is 0 Å². The molecule has 0 spiro atoms. The first kappa shape index (κ1) is 20.2. The summed E-state index contributed by atoms with van der Waals surface area (Å²) in [4.78, 5) is 6.82. The zero-order chi connectivity index (χ0) is 15.8. The Morgan fingerprint density at radius 3 is 2.61 bits per heavy atom. The molecule has 130 valence electrons. The summed E-state index contributed by atoms with van der Waals surface area (Å²) in [6, 6.07) is 8.39. The van der Waals surface area contributed by atoms with Crippen LogP contribution in [0.3, 0.4) is 0 Å². The van der Waals surface area contributed by atoms with Crippen molar-refractivity contribution in [2.24, 2.45) is 10.7 Å². The molecule has 0 saturated carbocycles. The minimum Gasteiger partial charge on any atom is -0.393 e. The van der Waals surface area contributed by atoms with E-state index in [1.165, 1.54) is 11.1 Å². The molecule has 2 rings (SSSR count). The van der Waals surface area contributed by atoms with Gasteiger partial charge in [-0.15, -0.1) is 24.0 Å². The third-order valence-electron chi connectivity index (χ3n) is 4.05. The number of nitrogens with two attached hydrogens (primary N) is 1. The fourth-order valence-electron chi connectivity index (χ4n) is 2.66. The quantitative estimate of drug-likeness (QED) is 0.366. The number of likely N-dealkylation sites (tertiary alicyclic amines) is 1. The summed E-state index contributed by atoms with van der Waals surface area (Å²) >= 11 is 0. The summed E-state index contributed by atoms with van der Waals surface area (Å²) < 4.78 is 0. The van der Waals surface area contributed by atoms with E-state index in [4.69, 9.17) is 5.73 Å². The lowest BCUT2D eigenvalue weighted by Gasteiger charge is -2.30. The van der Waals surface area contributed by atoms with Crippen LogP contribution in [-0.4, -0.2) is 41.7 Å². The predicted octanol–water partition coefficient (Wildman–Crippen LogP) is 2.08. The molecule has 1 saturated heterocycles. The van der Waals surface area contributed by atoms with Gasteiger partial charge in [0.15, 0.2) is 5.96 Å². The van der Waals surface area contributed by atoms with E-state index in [1.807, 2.05) is 6.07 Å². The molecule has 23 heavy (non-hydrogen) atoms. The average Bonchev–Trinajstić information content (AvgIpc) is 2.54. The van der Waals surface area contributed by atoms with Crippen molar-refractivity contribution in [3.63, 3.8) is 0 Å². The Hall–Kier alpha value is -0.860. The number of aliphatic hydroxyl groups excluding tert-OH is 1. The molecule has 1 fully saturated rings. The Morgan fingerprint density at radius 1 is 1.30 bits per heavy atom. The van der Waals surface area contributed by atoms with Gasteiger partial charge in [-0.1, -0.05) is 31.2 Å². The van der Waals surface area contributed by atoms with E-state index >= 15 is 0 Å². The van der Waals surface area contributed by atoms with Gasteiger partial charge in [0.05, 0.1) is 12.6 Å². The second-order valence-corrected chi connectivity index (χ2v) is 5.90. The van der Waals surface area contributed by atoms with Crippen LogP contribution in [0.4, 0.5) is 0 Å². The summed E-state index contributed by atoms with van der Waals surface area (Å²) in [6.07, 6.45) is 2.65. The van der Waals surface area contributed by atoms with Crippen LogP contribution in [0.15, 0.2) is 29.3 Å². The van der Waals surface area contributed by atoms with Crippen LogP contribution < -0.4 is 11.1 Å². The number of guanidine groups is 1. The molecule has 1 heterocycles. The molecule has 0 unspecified atom stereocenters. The summed E-state index contributed by atoms with van der Waals surface area (Å²) in [6.45, 7) is 6.39. The minimum absolute atomic E-state index is 0. The molecule has 0 amide bonds. The molecule has 1 aliphatic heterocycles. The Bertz CT molecular complexity index is 487. The van der Waals surface area contributed by atoms with E-state index in [-0.39, 0.29) is 30.1 Å². The maximum Gasteiger partial charge on any atom is 0.188 e. The van der Waals surface area contributed by atoms with Crippen LogP contribution in [0.2, 0.25) is 0 Å². The van der Waals surface area contributed by atoms with Crippen LogP contribution in [0.25, 0.3) is 0 Å². The van der Waals surface area contributed by atoms with E-state index in [0.717, 1.165) is 45.4 Å². The van der Waals surface area contributed by atoms with Crippen molar-refractivity contribution in [2.75, 3.05) is 19.6 Å². The molecule has 5 nitrogen and oxygen atoms in total. The van der Waals surface area contributed by atoms with Crippen LogP contribution in [0.1, 0.15) is 37.3 Å². The van der Waals surface area contributed by atoms with Gasteiger partial charge in [0, 0.05) is 26.2 Å². The fourth-order valence-corrected chi connectivity index (χ4v) is 2.66. The van der Waals surface area contributed by atoms with E-state index in [0.29, 0.717) is 12.5 Å². The predicted molar refractivity (Wildman–Crippen MR) is 106 cm³/mol. The van der Waals surface area contributed by atoms with Gasteiger partial charge in [-0.2, -0.15) is 0 Å². The number of nitrogens with zero attached hydrogens (tertiary/aromatic N) is 2. The van der Waals surface area contributed by atoms with Gasteiger partial charge in [-0.25, -0.2) is 4.99 Å². The SMILES string of the molecule is CCCNC(N)=NCc1ccccc1CN1CCC(O)CC1.I. The highest BCUT2D eigenvalue weighted by atomic mass is 127. The van der Waals surface area contributed by atoms with Crippen LogP contribution in [0, 0.1) is 0 Å². The standard InChI is InChI=1S/C17H28N4O.HI/c1-2-9-19-17(18)20-12-14-5-3-4-6-15(14)13-21-10-7-16(22)8-11-21;/h3-6,16,22H,2,7-13H2,1H3,(H3,18,19,20);1H. The summed E-state index contributed by atoms with van der Waals surface area (Å²) in [5.74, 6) is 0.512. The zero-order valence-corrected chi connectivity index (χ0v) is 16.2. The monoisotopic (exact) mass is 432 g/mol. The summed E-state index contributed by atoms with van der Waals surface area (Å²) in [5.41, 5.74) is 8.37. The second-order valence-electron chi connectivity index (χ2n) is 5.90. The Labute approximate surface area is 156 Å². The highest BCUT2D eigenvalue weighted by Gasteiger charge is 2.17. The third-order valence-corrected chi connectivity index (χ3v) is 4.05. The molecule has 1 aromatic rings. The first-order chi connectivity index (χ1) is 10.7. The first-order valence-corrected chi connectivity index (χ1v) is 8.20. The minimum atomic E-state index is -0.125. The van der Waals surface area contributed by atoms with Crippen molar-refractivity contribution in [1.82, 2.24) is 10.2 Å². The summed E-state index contributed by atoms with van der Waals surface area (Å²) in [5, 5.41) is 12.7. The number of benzene rings is 1. The topological polar surface area (TPSA) is 73.9 Å². The van der Waals surface area contributed by atoms with Crippen LogP contribution in [-0.2, 0) is 13.1 Å². The highest BCUT2D eigenvalue weighted by Crippen LogP contribution is 2.17. The molecule has 0 atom stereocenters. The first-order valence-electron chi connectivity index (χ1n) is 8.20. The third kappa shape index (κ3) is 7.05. The van der Waals surface area contributed by atoms with Gasteiger partial charge in [-0.3, -0.25) is 4.90 Å². The smallest absolute Gasteiger partial charge is 0.188 e. The molecule has 0 aromatic heterocycles. The van der Waals surface area contributed by atoms with Gasteiger partial charge >= 0.3 is 0 Å². The number of aliphatic hydroxyl groups is 1. The summed E-state index contributed by atoms with van der Waals surface area (Å²) in [7, 11) is 0. The fraction of sp³-hybridized carbons (Fsp3) is 0.588. The van der Waals surface area contributed by atoms with E-state index in [1.54, 1.807) is 0 Å².